The predicted octanol–water partition coefficient (Wildman–Crippen LogP) is 2.91. The van der Waals surface area contributed by atoms with Crippen molar-refractivity contribution >= 4 is 12.0 Å². The summed E-state index contributed by atoms with van der Waals surface area (Å²) in [5.41, 5.74) is 1.47. The molecular weight excluding hydrogens is 242 g/mol. The van der Waals surface area contributed by atoms with E-state index in [1.807, 2.05) is 30.3 Å². The average molecular weight is 255 g/mol. The van der Waals surface area contributed by atoms with Gasteiger partial charge in [-0.25, -0.2) is 0 Å². The van der Waals surface area contributed by atoms with Crippen molar-refractivity contribution in [1.29, 1.82) is 0 Å². The number of hydrogen-bond acceptors (Lipinski definition) is 4. The van der Waals surface area contributed by atoms with Crippen molar-refractivity contribution in [2.24, 2.45) is 5.16 Å². The molecule has 4 heteroatoms. The topological polar surface area (TPSA) is 58.9 Å². The zero-order valence-corrected chi connectivity index (χ0v) is 10.2. The van der Waals surface area contributed by atoms with Gasteiger partial charge >= 0.3 is 0 Å². The second-order valence-electron chi connectivity index (χ2n) is 3.91. The van der Waals surface area contributed by atoms with Crippen molar-refractivity contribution in [3.63, 3.8) is 0 Å². The molecule has 0 amide bonds. The molecule has 0 aliphatic rings. The van der Waals surface area contributed by atoms with Gasteiger partial charge in [-0.3, -0.25) is 4.79 Å². The van der Waals surface area contributed by atoms with Crippen molar-refractivity contribution in [2.45, 2.75) is 6.61 Å². The van der Waals surface area contributed by atoms with E-state index in [-0.39, 0.29) is 5.78 Å². The molecule has 0 aliphatic heterocycles. The third kappa shape index (κ3) is 3.67. The van der Waals surface area contributed by atoms with Gasteiger partial charge in [0.25, 0.3) is 0 Å². The minimum atomic E-state index is -0.368. The summed E-state index contributed by atoms with van der Waals surface area (Å²) < 4.78 is 5.60. The van der Waals surface area contributed by atoms with Gasteiger partial charge < -0.3 is 9.94 Å². The summed E-state index contributed by atoms with van der Waals surface area (Å²) in [7, 11) is 0. The number of ether oxygens (including phenoxy) is 1. The largest absolute Gasteiger partial charge is 0.489 e. The fourth-order valence-corrected chi connectivity index (χ4v) is 1.61. The molecule has 4 nitrogen and oxygen atoms in total. The Balaban J connectivity index is 2.05. The van der Waals surface area contributed by atoms with Crippen LogP contribution in [-0.4, -0.2) is 17.2 Å². The van der Waals surface area contributed by atoms with Gasteiger partial charge in [-0.15, -0.1) is 0 Å². The molecule has 0 saturated heterocycles. The maximum absolute atomic E-state index is 11.5. The molecule has 1 N–H and O–H groups in total. The Labute approximate surface area is 111 Å². The van der Waals surface area contributed by atoms with Gasteiger partial charge in [-0.05, 0) is 17.7 Å². The first-order valence-electron chi connectivity index (χ1n) is 5.78. The van der Waals surface area contributed by atoms with Crippen molar-refractivity contribution in [1.82, 2.24) is 0 Å². The molecule has 96 valence electrons. The molecule has 19 heavy (non-hydrogen) atoms. The zero-order valence-electron chi connectivity index (χ0n) is 10.2. The quantitative estimate of drug-likeness (QED) is 0.387. The maximum atomic E-state index is 11.5. The number of Topliss-reactive ketones (excluding diaryl/α,β-unsaturated/α-hetero) is 1. The normalized spacial score (nSPS) is 10.5. The van der Waals surface area contributed by atoms with E-state index in [1.54, 1.807) is 24.3 Å². The van der Waals surface area contributed by atoms with Crippen molar-refractivity contribution in [3.8, 4) is 5.75 Å². The molecule has 0 fully saturated rings. The van der Waals surface area contributed by atoms with Crippen molar-refractivity contribution in [2.75, 3.05) is 0 Å². The molecule has 0 aliphatic carbocycles. The lowest BCUT2D eigenvalue weighted by Crippen LogP contribution is -2.01. The Bertz CT molecular complexity index is 579. The first-order valence-corrected chi connectivity index (χ1v) is 5.78. The standard InChI is InChI=1S/C15H13NO3/c17-15(10-16-18)13-7-4-8-14(9-13)19-11-12-5-2-1-3-6-12/h1-10,18H,11H2. The highest BCUT2D eigenvalue weighted by Crippen LogP contribution is 2.15. The number of hydrogen-bond donors (Lipinski definition) is 1. The lowest BCUT2D eigenvalue weighted by atomic mass is 10.1. The molecule has 0 aromatic heterocycles. The number of ketones is 1. The highest BCUT2D eigenvalue weighted by atomic mass is 16.5. The van der Waals surface area contributed by atoms with Crippen LogP contribution in [0.25, 0.3) is 0 Å². The van der Waals surface area contributed by atoms with Gasteiger partial charge in [0.05, 0.1) is 0 Å². The van der Waals surface area contributed by atoms with E-state index in [0.29, 0.717) is 17.9 Å². The van der Waals surface area contributed by atoms with Crippen LogP contribution >= 0.6 is 0 Å². The summed E-state index contributed by atoms with van der Waals surface area (Å²) >= 11 is 0. The van der Waals surface area contributed by atoms with Gasteiger partial charge in [0.1, 0.15) is 18.6 Å². The van der Waals surface area contributed by atoms with Crippen LogP contribution in [0.5, 0.6) is 5.75 Å². The summed E-state index contributed by atoms with van der Waals surface area (Å²) in [5, 5.41) is 11.1. The number of rotatable bonds is 5. The van der Waals surface area contributed by atoms with Gasteiger partial charge in [0, 0.05) is 5.56 Å². The molecule has 2 aromatic rings. The lowest BCUT2D eigenvalue weighted by molar-refractivity contribution is 0.106. The molecule has 0 spiro atoms. The Morgan fingerprint density at radius 3 is 2.68 bits per heavy atom. The Morgan fingerprint density at radius 2 is 1.95 bits per heavy atom. The summed E-state index contributed by atoms with van der Waals surface area (Å²) in [4.78, 5) is 11.5. The Hall–Kier alpha value is -2.62. The van der Waals surface area contributed by atoms with E-state index < -0.39 is 0 Å². The monoisotopic (exact) mass is 255 g/mol. The average Bonchev–Trinajstić information content (AvgIpc) is 2.47. The summed E-state index contributed by atoms with van der Waals surface area (Å²) in [6.45, 7) is 0.437. The van der Waals surface area contributed by atoms with E-state index in [9.17, 15) is 4.79 Å². The SMILES string of the molecule is O=C(C=NO)c1cccc(OCc2ccccc2)c1. The van der Waals surface area contributed by atoms with Crippen LogP contribution in [0, 0.1) is 0 Å². The third-order valence-corrected chi connectivity index (χ3v) is 2.54. The molecule has 2 rings (SSSR count). The molecule has 0 unspecified atom stereocenters. The van der Waals surface area contributed by atoms with Crippen LogP contribution < -0.4 is 4.74 Å². The van der Waals surface area contributed by atoms with E-state index in [2.05, 4.69) is 5.16 Å². The number of carbonyl (C=O) groups is 1. The first-order chi connectivity index (χ1) is 9.29. The third-order valence-electron chi connectivity index (χ3n) is 2.54. The van der Waals surface area contributed by atoms with Crippen LogP contribution in [0.4, 0.5) is 0 Å². The minimum absolute atomic E-state index is 0.368. The molecular formula is C15H13NO3. The predicted molar refractivity (Wildman–Crippen MR) is 71.8 cm³/mol. The fraction of sp³-hybridized carbons (Fsp3) is 0.0667. The number of oxime groups is 1. The Kier molecular flexibility index (Phi) is 4.29. The molecule has 0 heterocycles. The van der Waals surface area contributed by atoms with Crippen LogP contribution in [0.3, 0.4) is 0 Å². The van der Waals surface area contributed by atoms with Crippen LogP contribution in [0.15, 0.2) is 59.8 Å². The van der Waals surface area contributed by atoms with E-state index >= 15 is 0 Å². The number of nitrogens with zero attached hydrogens (tertiary/aromatic N) is 1. The zero-order chi connectivity index (χ0) is 13.5. The van der Waals surface area contributed by atoms with Crippen LogP contribution in [0.1, 0.15) is 15.9 Å². The first kappa shape index (κ1) is 12.8. The lowest BCUT2D eigenvalue weighted by Gasteiger charge is -2.07. The van der Waals surface area contributed by atoms with Crippen LogP contribution in [0.2, 0.25) is 0 Å². The second kappa shape index (κ2) is 6.35. The second-order valence-corrected chi connectivity index (χ2v) is 3.91. The highest BCUT2D eigenvalue weighted by molar-refractivity contribution is 6.35. The molecule has 0 saturated carbocycles. The summed E-state index contributed by atoms with van der Waals surface area (Å²) in [5.74, 6) is 0.230. The molecule has 0 radical (unpaired) electrons. The van der Waals surface area contributed by atoms with E-state index in [0.717, 1.165) is 11.8 Å². The molecule has 0 bridgehead atoms. The fourth-order valence-electron chi connectivity index (χ4n) is 1.61. The van der Waals surface area contributed by atoms with Gasteiger partial charge in [0.15, 0.2) is 0 Å². The summed E-state index contributed by atoms with van der Waals surface area (Å²) in [6, 6.07) is 16.5. The van der Waals surface area contributed by atoms with Gasteiger partial charge in [0.2, 0.25) is 5.78 Å². The van der Waals surface area contributed by atoms with E-state index in [1.165, 1.54) is 0 Å². The highest BCUT2D eigenvalue weighted by Gasteiger charge is 2.04. The van der Waals surface area contributed by atoms with Crippen LogP contribution in [-0.2, 0) is 6.61 Å². The molecule has 2 aromatic carbocycles. The van der Waals surface area contributed by atoms with Crippen molar-refractivity contribution in [3.05, 3.63) is 65.7 Å². The van der Waals surface area contributed by atoms with E-state index in [4.69, 9.17) is 9.94 Å². The summed E-state index contributed by atoms with van der Waals surface area (Å²) in [6.07, 6.45) is 0.857. The van der Waals surface area contributed by atoms with Gasteiger partial charge in [-0.1, -0.05) is 47.6 Å². The van der Waals surface area contributed by atoms with Crippen molar-refractivity contribution < 1.29 is 14.7 Å². The smallest absolute Gasteiger partial charge is 0.207 e. The maximum Gasteiger partial charge on any atom is 0.207 e. The van der Waals surface area contributed by atoms with Gasteiger partial charge in [-0.2, -0.15) is 0 Å². The number of benzene rings is 2. The number of carbonyl (C=O) groups excluding carboxylic acids is 1. The minimum Gasteiger partial charge on any atom is -0.489 e. The molecule has 0 atom stereocenters. The Morgan fingerprint density at radius 1 is 1.16 bits per heavy atom.